The first-order chi connectivity index (χ1) is 28.8. The Hall–Kier alpha value is -5.83. The lowest BCUT2D eigenvalue weighted by Crippen LogP contribution is -2.53. The predicted octanol–water partition coefficient (Wildman–Crippen LogP) is 7.00. The lowest BCUT2D eigenvalue weighted by Gasteiger charge is -2.36. The molecule has 2 saturated carbocycles. The molecule has 0 bridgehead atoms. The average Bonchev–Trinajstić information content (AvgIpc) is 3.99. The molecular formula is C44H57N9O6. The lowest BCUT2D eigenvalue weighted by atomic mass is 9.79. The number of unbranched alkanes of at least 4 members (excludes halogenated alkanes) is 1. The summed E-state index contributed by atoms with van der Waals surface area (Å²) in [5.41, 5.74) is 5.63. The number of fused-ring (bicyclic) bond motifs is 2. The van der Waals surface area contributed by atoms with Crippen LogP contribution in [0.3, 0.4) is 0 Å². The van der Waals surface area contributed by atoms with E-state index in [9.17, 15) is 19.2 Å². The number of likely N-dealkylation sites (tertiary alicyclic amines) is 1. The normalized spacial score (nSPS) is 16.4. The fourth-order valence-corrected chi connectivity index (χ4v) is 7.33. The third-order valence-corrected chi connectivity index (χ3v) is 11.3. The third kappa shape index (κ3) is 11.2. The van der Waals surface area contributed by atoms with E-state index < -0.39 is 18.2 Å². The maximum atomic E-state index is 13.7. The molecule has 3 amide bonds. The van der Waals surface area contributed by atoms with Crippen LogP contribution in [-0.4, -0.2) is 101 Å². The summed E-state index contributed by atoms with van der Waals surface area (Å²) in [5, 5.41) is 10.4. The fourth-order valence-electron chi connectivity index (χ4n) is 7.33. The highest BCUT2D eigenvalue weighted by molar-refractivity contribution is 5.91. The van der Waals surface area contributed by atoms with Crippen molar-refractivity contribution < 1.29 is 28.7 Å². The number of benzene rings is 2. The molecule has 1 aliphatic heterocycles. The lowest BCUT2D eigenvalue weighted by molar-refractivity contribution is -0.136. The van der Waals surface area contributed by atoms with Gasteiger partial charge in [-0.25, -0.2) is 19.6 Å². The summed E-state index contributed by atoms with van der Waals surface area (Å²) >= 11 is 0. The van der Waals surface area contributed by atoms with Crippen molar-refractivity contribution in [2.45, 2.75) is 89.1 Å². The molecular weight excluding hydrogens is 751 g/mol. The van der Waals surface area contributed by atoms with E-state index in [-0.39, 0.29) is 24.4 Å². The number of carbonyl (C=O) groups is 4. The number of aryl methyl sites for hydroxylation is 1. The van der Waals surface area contributed by atoms with E-state index in [1.165, 1.54) is 39.9 Å². The predicted molar refractivity (Wildman–Crippen MR) is 227 cm³/mol. The number of pyridine rings is 1. The number of H-pyrrole nitrogens is 2. The van der Waals surface area contributed by atoms with Crippen LogP contribution in [-0.2, 0) is 25.5 Å². The van der Waals surface area contributed by atoms with Crippen molar-refractivity contribution in [3.8, 4) is 22.5 Å². The second kappa shape index (κ2) is 21.3. The minimum absolute atomic E-state index is 0.00662. The fraction of sp³-hybridized carbons (Fsp3) is 0.477. The standard InChI is InChI=1S/C36H42N8O3.C4H7NO3.C4H8/c1-37-15-4-3-10-32-39-20-29(40-32)26-14-12-23-17-25(13-11-24(23)18-26)27-19-28-30(21-38-27)42-34(41-28)31-9-6-16-44(31)35(45)33(22-7-5-8-22)43-36(46)47-2;1-8-4(7)5-2-3-6;1-2-4-3-1/h11-14,17-22,31,33,37H,3-10,15-16H2,1-2H3,(H,39,40)(H,41,42)(H,43,46);3H,2H2,1H3,(H,5,7);1-4H2. The molecule has 3 aromatic heterocycles. The van der Waals surface area contributed by atoms with Gasteiger partial charge in [0.05, 0.1) is 61.6 Å². The van der Waals surface area contributed by atoms with Crippen LogP contribution in [0.15, 0.2) is 54.9 Å². The van der Waals surface area contributed by atoms with Gasteiger partial charge in [0, 0.05) is 24.1 Å². The molecule has 3 fully saturated rings. The number of alkyl carbamates (subject to hydrolysis) is 2. The number of aromatic nitrogens is 5. The summed E-state index contributed by atoms with van der Waals surface area (Å²) < 4.78 is 8.97. The van der Waals surface area contributed by atoms with Gasteiger partial charge >= 0.3 is 12.2 Å². The Labute approximate surface area is 344 Å². The summed E-state index contributed by atoms with van der Waals surface area (Å²) in [4.78, 5) is 68.5. The molecule has 1 saturated heterocycles. The summed E-state index contributed by atoms with van der Waals surface area (Å²) in [6.07, 6.45) is 17.0. The quantitative estimate of drug-likeness (QED) is 0.0610. The molecule has 3 aliphatic rings. The molecule has 5 N–H and O–H groups in total. The first-order valence-electron chi connectivity index (χ1n) is 20.8. The summed E-state index contributed by atoms with van der Waals surface area (Å²) in [6.45, 7) is 1.66. The molecule has 2 atom stereocenters. The molecule has 15 heteroatoms. The number of imidazole rings is 2. The van der Waals surface area contributed by atoms with E-state index in [4.69, 9.17) is 14.7 Å². The number of hydrogen-bond donors (Lipinski definition) is 5. The maximum Gasteiger partial charge on any atom is 0.407 e. The summed E-state index contributed by atoms with van der Waals surface area (Å²) in [5.74, 6) is 1.85. The zero-order valence-electron chi connectivity index (χ0n) is 34.4. The highest BCUT2D eigenvalue weighted by Crippen LogP contribution is 2.36. The van der Waals surface area contributed by atoms with Gasteiger partial charge in [0.15, 0.2) is 0 Å². The number of aldehydes is 1. The van der Waals surface area contributed by atoms with Crippen molar-refractivity contribution in [2.75, 3.05) is 40.9 Å². The van der Waals surface area contributed by atoms with Gasteiger partial charge in [-0.3, -0.25) is 9.78 Å². The topological polar surface area (TPSA) is 196 Å². The van der Waals surface area contributed by atoms with E-state index in [0.29, 0.717) is 12.8 Å². The molecule has 4 heterocycles. The van der Waals surface area contributed by atoms with E-state index in [0.717, 1.165) is 114 Å². The molecule has 15 nitrogen and oxygen atoms in total. The van der Waals surface area contributed by atoms with E-state index >= 15 is 0 Å². The zero-order valence-corrected chi connectivity index (χ0v) is 34.4. The monoisotopic (exact) mass is 807 g/mol. The average molecular weight is 808 g/mol. The Bertz CT molecular complexity index is 2170. The highest BCUT2D eigenvalue weighted by Gasteiger charge is 2.41. The summed E-state index contributed by atoms with van der Waals surface area (Å²) in [6, 6.07) is 14.1. The number of ether oxygens (including phenoxy) is 2. The number of hydrogen-bond acceptors (Lipinski definition) is 10. The molecule has 0 spiro atoms. The molecule has 8 rings (SSSR count). The Morgan fingerprint density at radius 2 is 1.59 bits per heavy atom. The Morgan fingerprint density at radius 1 is 0.864 bits per heavy atom. The largest absolute Gasteiger partial charge is 0.453 e. The Kier molecular flexibility index (Phi) is 15.4. The van der Waals surface area contributed by atoms with Gasteiger partial charge in [0.2, 0.25) is 5.91 Å². The second-order valence-electron chi connectivity index (χ2n) is 15.2. The van der Waals surface area contributed by atoms with E-state index in [1.54, 1.807) is 0 Å². The molecule has 0 radical (unpaired) electrons. The minimum atomic E-state index is -0.586. The van der Waals surface area contributed by atoms with Gasteiger partial charge in [-0.15, -0.1) is 0 Å². The van der Waals surface area contributed by atoms with Crippen molar-refractivity contribution in [1.82, 2.24) is 45.8 Å². The molecule has 59 heavy (non-hydrogen) atoms. The van der Waals surface area contributed by atoms with Crippen molar-refractivity contribution in [3.05, 3.63) is 66.5 Å². The van der Waals surface area contributed by atoms with Gasteiger partial charge in [-0.1, -0.05) is 56.4 Å². The van der Waals surface area contributed by atoms with Crippen molar-refractivity contribution in [2.24, 2.45) is 5.92 Å². The number of amides is 3. The number of aromatic amines is 2. The van der Waals surface area contributed by atoms with Crippen LogP contribution >= 0.6 is 0 Å². The van der Waals surface area contributed by atoms with E-state index in [2.05, 4.69) is 72.0 Å². The Morgan fingerprint density at radius 3 is 2.25 bits per heavy atom. The maximum absolute atomic E-state index is 13.7. The number of carbonyl (C=O) groups excluding carboxylic acids is 4. The van der Waals surface area contributed by atoms with Gasteiger partial charge in [0.25, 0.3) is 0 Å². The molecule has 2 unspecified atom stereocenters. The number of nitrogens with zero attached hydrogens (tertiary/aromatic N) is 4. The van der Waals surface area contributed by atoms with Crippen molar-refractivity contribution in [3.63, 3.8) is 0 Å². The SMILES string of the molecule is C1CCC1.CNCCCCc1ncc(-c2ccc3cc(-c4cc5nc(C6CCCN6C(=O)C(NC(=O)OC)C6CCC6)[nH]c5cn4)ccc3c2)[nH]1.COC(=O)NCC=O. The van der Waals surface area contributed by atoms with Crippen LogP contribution in [0.4, 0.5) is 9.59 Å². The van der Waals surface area contributed by atoms with E-state index in [1.807, 2.05) is 30.4 Å². The van der Waals surface area contributed by atoms with Crippen LogP contribution in [0.1, 0.15) is 88.3 Å². The molecule has 314 valence electrons. The first kappa shape index (κ1) is 42.8. The van der Waals surface area contributed by atoms with Gasteiger partial charge in [-0.05, 0) is 87.0 Å². The third-order valence-electron chi connectivity index (χ3n) is 11.3. The Balaban J connectivity index is 0.000000423. The number of nitrogens with one attached hydrogen (secondary N) is 5. The van der Waals surface area contributed by atoms with Crippen molar-refractivity contribution in [1.29, 1.82) is 0 Å². The van der Waals surface area contributed by atoms with Crippen molar-refractivity contribution >= 4 is 46.2 Å². The number of rotatable bonds is 13. The van der Waals surface area contributed by atoms with Crippen LogP contribution in [0.25, 0.3) is 44.3 Å². The molecule has 2 aliphatic carbocycles. The summed E-state index contributed by atoms with van der Waals surface area (Å²) in [7, 11) is 4.54. The van der Waals surface area contributed by atoms with Crippen LogP contribution in [0.5, 0.6) is 0 Å². The second-order valence-corrected chi connectivity index (χ2v) is 15.2. The van der Waals surface area contributed by atoms with Gasteiger partial charge < -0.3 is 45.1 Å². The van der Waals surface area contributed by atoms with Crippen LogP contribution in [0.2, 0.25) is 0 Å². The van der Waals surface area contributed by atoms with Gasteiger partial charge in [-0.2, -0.15) is 0 Å². The minimum Gasteiger partial charge on any atom is -0.453 e. The smallest absolute Gasteiger partial charge is 0.407 e. The number of methoxy groups -OCH3 is 2. The zero-order chi connectivity index (χ0) is 41.6. The highest BCUT2D eigenvalue weighted by atomic mass is 16.5. The van der Waals surface area contributed by atoms with Crippen LogP contribution < -0.4 is 16.0 Å². The van der Waals surface area contributed by atoms with Gasteiger partial charge in [0.1, 0.15) is 24.0 Å². The first-order valence-corrected chi connectivity index (χ1v) is 20.8. The molecule has 2 aromatic carbocycles. The van der Waals surface area contributed by atoms with Crippen LogP contribution in [0, 0.1) is 5.92 Å². The molecule has 5 aromatic rings.